The third-order valence-electron chi connectivity index (χ3n) is 3.77. The van der Waals surface area contributed by atoms with Gasteiger partial charge in [0.05, 0.1) is 11.5 Å². The minimum absolute atomic E-state index is 0.362. The predicted molar refractivity (Wildman–Crippen MR) is 51.9 cm³/mol. The van der Waals surface area contributed by atoms with E-state index in [1.807, 2.05) is 6.08 Å². The summed E-state index contributed by atoms with van der Waals surface area (Å²) in [6.07, 6.45) is 5.64. The van der Waals surface area contributed by atoms with E-state index in [9.17, 15) is 4.79 Å². The predicted octanol–water partition coefficient (Wildman–Crippen LogP) is 1.69. The zero-order valence-corrected chi connectivity index (χ0v) is 8.56. The molecule has 0 aromatic heterocycles. The molecular weight excluding hydrogens is 180 g/mol. The van der Waals surface area contributed by atoms with Crippen molar-refractivity contribution in [2.75, 3.05) is 7.11 Å². The van der Waals surface area contributed by atoms with Crippen molar-refractivity contribution in [3.8, 4) is 0 Å². The Hall–Kier alpha value is -0.830. The second-order valence-corrected chi connectivity index (χ2v) is 4.49. The zero-order chi connectivity index (χ0) is 10.3. The molecule has 14 heavy (non-hydrogen) atoms. The Morgan fingerprint density at radius 2 is 2.36 bits per heavy atom. The van der Waals surface area contributed by atoms with E-state index in [-0.39, 0.29) is 5.92 Å². The molecule has 4 unspecified atom stereocenters. The molecule has 0 radical (unpaired) electrons. The minimum Gasteiger partial charge on any atom is -0.481 e. The summed E-state index contributed by atoms with van der Waals surface area (Å²) in [5.74, 6) is -0.129. The van der Waals surface area contributed by atoms with E-state index < -0.39 is 11.6 Å². The number of carboxylic acid groups (broad SMARTS) is 1. The van der Waals surface area contributed by atoms with Crippen LogP contribution in [0.1, 0.15) is 19.8 Å². The first-order valence-electron chi connectivity index (χ1n) is 5.06. The second kappa shape index (κ2) is 3.09. The van der Waals surface area contributed by atoms with E-state index in [1.54, 1.807) is 7.11 Å². The van der Waals surface area contributed by atoms with Gasteiger partial charge < -0.3 is 9.84 Å². The Bertz CT molecular complexity index is 284. The Kier molecular flexibility index (Phi) is 2.14. The fourth-order valence-electron chi connectivity index (χ4n) is 2.84. The molecule has 0 amide bonds. The fraction of sp³-hybridized carbons (Fsp3) is 0.727. The van der Waals surface area contributed by atoms with Crippen LogP contribution in [0.4, 0.5) is 0 Å². The van der Waals surface area contributed by atoms with Gasteiger partial charge in [-0.2, -0.15) is 0 Å². The number of carbonyl (C=O) groups is 1. The third kappa shape index (κ3) is 1.19. The highest BCUT2D eigenvalue weighted by molar-refractivity contribution is 5.73. The van der Waals surface area contributed by atoms with Gasteiger partial charge in [0.1, 0.15) is 0 Å². The van der Waals surface area contributed by atoms with E-state index in [0.717, 1.165) is 12.8 Å². The molecule has 3 aliphatic carbocycles. The summed E-state index contributed by atoms with van der Waals surface area (Å²) < 4.78 is 5.44. The maximum atomic E-state index is 11.1. The second-order valence-electron chi connectivity index (χ2n) is 4.49. The molecule has 2 bridgehead atoms. The van der Waals surface area contributed by atoms with Crippen molar-refractivity contribution in [3.05, 3.63) is 12.2 Å². The Labute approximate surface area is 83.8 Å². The highest BCUT2D eigenvalue weighted by atomic mass is 16.5. The van der Waals surface area contributed by atoms with E-state index in [4.69, 9.17) is 9.84 Å². The summed E-state index contributed by atoms with van der Waals surface area (Å²) in [6.45, 7) is 2.17. The number of hydrogen-bond acceptors (Lipinski definition) is 2. The lowest BCUT2D eigenvalue weighted by atomic mass is 9.61. The van der Waals surface area contributed by atoms with Gasteiger partial charge in [-0.05, 0) is 24.7 Å². The Balaban J connectivity index is 2.34. The highest BCUT2D eigenvalue weighted by Crippen LogP contribution is 2.48. The first-order chi connectivity index (χ1) is 6.59. The Morgan fingerprint density at radius 3 is 2.86 bits per heavy atom. The van der Waals surface area contributed by atoms with Gasteiger partial charge in [0.25, 0.3) is 0 Å². The largest absolute Gasteiger partial charge is 0.481 e. The topological polar surface area (TPSA) is 46.5 Å². The van der Waals surface area contributed by atoms with Gasteiger partial charge >= 0.3 is 5.97 Å². The van der Waals surface area contributed by atoms with Crippen LogP contribution in [0.5, 0.6) is 0 Å². The number of rotatable bonds is 2. The average Bonchev–Trinajstić information content (AvgIpc) is 2.18. The molecular formula is C11H16O3. The van der Waals surface area contributed by atoms with Crippen LogP contribution < -0.4 is 0 Å². The van der Waals surface area contributed by atoms with Crippen LogP contribution >= 0.6 is 0 Å². The molecule has 3 rings (SSSR count). The van der Waals surface area contributed by atoms with Crippen LogP contribution in [-0.4, -0.2) is 23.8 Å². The van der Waals surface area contributed by atoms with Crippen LogP contribution in [0.15, 0.2) is 12.2 Å². The molecule has 3 aliphatic rings. The van der Waals surface area contributed by atoms with Gasteiger partial charge in [0, 0.05) is 7.11 Å². The fourth-order valence-corrected chi connectivity index (χ4v) is 2.84. The smallest absolute Gasteiger partial charge is 0.309 e. The highest BCUT2D eigenvalue weighted by Gasteiger charge is 2.51. The number of fused-ring (bicyclic) bond motifs is 2. The molecule has 3 nitrogen and oxygen atoms in total. The number of allylic oxidation sites excluding steroid dienone is 1. The van der Waals surface area contributed by atoms with Gasteiger partial charge in [-0.3, -0.25) is 4.79 Å². The molecule has 1 fully saturated rings. The van der Waals surface area contributed by atoms with Crippen molar-refractivity contribution < 1.29 is 14.6 Å². The minimum atomic E-state index is -0.729. The zero-order valence-electron chi connectivity index (χ0n) is 8.56. The van der Waals surface area contributed by atoms with Gasteiger partial charge in [-0.1, -0.05) is 19.1 Å². The summed E-state index contributed by atoms with van der Waals surface area (Å²) in [6, 6.07) is 0. The van der Waals surface area contributed by atoms with Crippen molar-refractivity contribution in [2.45, 2.75) is 25.4 Å². The lowest BCUT2D eigenvalue weighted by molar-refractivity contribution is -0.159. The van der Waals surface area contributed by atoms with Gasteiger partial charge in [-0.15, -0.1) is 0 Å². The SMILES string of the molecule is COC12C=CC(CC1C(=O)O)C(C)C2. The maximum Gasteiger partial charge on any atom is 0.309 e. The molecule has 0 spiro atoms. The number of aliphatic carboxylic acids is 1. The quantitative estimate of drug-likeness (QED) is 0.683. The van der Waals surface area contributed by atoms with Crippen molar-refractivity contribution >= 4 is 5.97 Å². The summed E-state index contributed by atoms with van der Waals surface area (Å²) >= 11 is 0. The molecule has 0 aromatic carbocycles. The molecule has 1 N–H and O–H groups in total. The number of hydrogen-bond donors (Lipinski definition) is 1. The molecule has 0 heterocycles. The average molecular weight is 196 g/mol. The normalized spacial score (nSPS) is 45.4. The standard InChI is InChI=1S/C11H16O3/c1-7-6-11(14-2)4-3-8(7)5-9(11)10(12)13/h3-4,7-9H,5-6H2,1-2H3,(H,12,13). The van der Waals surface area contributed by atoms with Crippen molar-refractivity contribution in [1.82, 2.24) is 0 Å². The van der Waals surface area contributed by atoms with Crippen LogP contribution in [0.2, 0.25) is 0 Å². The van der Waals surface area contributed by atoms with Crippen LogP contribution in [-0.2, 0) is 9.53 Å². The van der Waals surface area contributed by atoms with Crippen molar-refractivity contribution in [1.29, 1.82) is 0 Å². The number of methoxy groups -OCH3 is 1. The Morgan fingerprint density at radius 1 is 1.64 bits per heavy atom. The monoisotopic (exact) mass is 196 g/mol. The van der Waals surface area contributed by atoms with E-state index in [1.165, 1.54) is 0 Å². The third-order valence-corrected chi connectivity index (χ3v) is 3.77. The van der Waals surface area contributed by atoms with E-state index in [0.29, 0.717) is 11.8 Å². The summed E-state index contributed by atoms with van der Waals surface area (Å²) in [5, 5.41) is 9.13. The molecule has 0 aromatic rings. The first-order valence-corrected chi connectivity index (χ1v) is 5.06. The van der Waals surface area contributed by atoms with Crippen molar-refractivity contribution in [3.63, 3.8) is 0 Å². The van der Waals surface area contributed by atoms with E-state index >= 15 is 0 Å². The van der Waals surface area contributed by atoms with Crippen LogP contribution in [0.3, 0.4) is 0 Å². The summed E-state index contributed by atoms with van der Waals surface area (Å²) in [7, 11) is 1.61. The number of ether oxygens (including phenoxy) is 1. The maximum absolute atomic E-state index is 11.1. The van der Waals surface area contributed by atoms with Gasteiger partial charge in [0.15, 0.2) is 0 Å². The number of carboxylic acids is 1. The lowest BCUT2D eigenvalue weighted by Gasteiger charge is -2.48. The molecule has 1 saturated carbocycles. The molecule has 3 heteroatoms. The van der Waals surface area contributed by atoms with Crippen LogP contribution in [0, 0.1) is 17.8 Å². The van der Waals surface area contributed by atoms with Crippen LogP contribution in [0.25, 0.3) is 0 Å². The first kappa shape index (κ1) is 9.71. The van der Waals surface area contributed by atoms with Gasteiger partial charge in [0.2, 0.25) is 0 Å². The van der Waals surface area contributed by atoms with Gasteiger partial charge in [-0.25, -0.2) is 0 Å². The lowest BCUT2D eigenvalue weighted by Crippen LogP contribution is -2.52. The van der Waals surface area contributed by atoms with Crippen molar-refractivity contribution in [2.24, 2.45) is 17.8 Å². The molecule has 78 valence electrons. The molecule has 4 atom stereocenters. The molecule has 0 saturated heterocycles. The summed E-state index contributed by atoms with van der Waals surface area (Å²) in [4.78, 5) is 11.1. The summed E-state index contributed by atoms with van der Waals surface area (Å²) in [5.41, 5.74) is -0.542. The molecule has 0 aliphatic heterocycles. The van der Waals surface area contributed by atoms with E-state index in [2.05, 4.69) is 13.0 Å².